The Morgan fingerprint density at radius 2 is 1.24 bits per heavy atom. The summed E-state index contributed by atoms with van der Waals surface area (Å²) in [6.45, 7) is 12.4. The predicted molar refractivity (Wildman–Crippen MR) is 321 cm³/mol. The molecule has 0 bridgehead atoms. The Hall–Kier alpha value is -7.60. The molecule has 3 aromatic carbocycles. The molecule has 468 valence electrons. The molecule has 4 aliphatic carbocycles. The zero-order chi connectivity index (χ0) is 62.9. The Morgan fingerprint density at radius 1 is 0.674 bits per heavy atom. The number of primary amides is 1. The van der Waals surface area contributed by atoms with Gasteiger partial charge in [-0.05, 0) is 163 Å². The van der Waals surface area contributed by atoms with Crippen molar-refractivity contribution in [1.29, 1.82) is 0 Å². The second-order valence-corrected chi connectivity index (χ2v) is 26.7. The molecule has 0 spiro atoms. The number of imide groups is 1. The van der Waals surface area contributed by atoms with E-state index in [9.17, 15) is 56.7 Å². The lowest BCUT2D eigenvalue weighted by Gasteiger charge is -2.56. The van der Waals surface area contributed by atoms with Crippen LogP contribution in [-0.4, -0.2) is 109 Å². The van der Waals surface area contributed by atoms with E-state index in [0.717, 1.165) is 75.0 Å². The molecule has 0 radical (unpaired) electrons. The summed E-state index contributed by atoms with van der Waals surface area (Å²) in [5.41, 5.74) is 8.80. The number of fused-ring (bicyclic) bond motifs is 6. The monoisotopic (exact) mass is 1210 g/mol. The Kier molecular flexibility index (Phi) is 21.0. The number of nitrogens with one attached hydrogen (secondary N) is 8. The van der Waals surface area contributed by atoms with Gasteiger partial charge in [-0.3, -0.25) is 48.7 Å². The van der Waals surface area contributed by atoms with Crippen LogP contribution in [0.1, 0.15) is 153 Å². The first kappa shape index (κ1) is 65.9. The first-order valence-corrected chi connectivity index (χ1v) is 31.3. The maximum absolute atomic E-state index is 14.7. The van der Waals surface area contributed by atoms with Crippen LogP contribution in [0, 0.1) is 28.6 Å². The van der Waals surface area contributed by atoms with E-state index in [2.05, 4.69) is 56.4 Å². The highest BCUT2D eigenvalue weighted by atomic mass is 32.2. The Balaban J connectivity index is 0.942. The molecule has 9 atom stereocenters. The molecule has 3 aromatic rings. The molecule has 0 aliphatic heterocycles. The summed E-state index contributed by atoms with van der Waals surface area (Å²) >= 11 is 0. The van der Waals surface area contributed by atoms with E-state index in [1.807, 2.05) is 44.2 Å². The number of hydrogen-bond acceptors (Lipinski definition) is 13. The summed E-state index contributed by atoms with van der Waals surface area (Å²) in [6.07, 6.45) is 6.70. The number of aromatic hydroxyl groups is 1. The number of carbonyl (C=O) groups is 9. The smallest absolute Gasteiger partial charge is 0.411 e. The fourth-order valence-corrected chi connectivity index (χ4v) is 14.5. The summed E-state index contributed by atoms with van der Waals surface area (Å²) in [4.78, 5) is 120. The van der Waals surface area contributed by atoms with E-state index in [0.29, 0.717) is 29.8 Å². The summed E-state index contributed by atoms with van der Waals surface area (Å²) in [5.74, 6) is -5.08. The highest BCUT2D eigenvalue weighted by Crippen LogP contribution is 2.60. The molecule has 23 nitrogen and oxygen atoms in total. The van der Waals surface area contributed by atoms with Crippen molar-refractivity contribution in [2.45, 2.75) is 174 Å². The number of rotatable bonds is 23. The number of hydrogen-bond donors (Lipinski definition) is 11. The van der Waals surface area contributed by atoms with Crippen molar-refractivity contribution >= 4 is 75.0 Å². The van der Waals surface area contributed by atoms with Gasteiger partial charge in [-0.15, -0.1) is 0 Å². The molecular formula is C62H85N9O14S. The van der Waals surface area contributed by atoms with Crippen LogP contribution in [0.3, 0.4) is 0 Å². The molecule has 86 heavy (non-hydrogen) atoms. The van der Waals surface area contributed by atoms with Gasteiger partial charge in [0, 0.05) is 37.8 Å². The van der Waals surface area contributed by atoms with Gasteiger partial charge in [-0.25, -0.2) is 9.59 Å². The van der Waals surface area contributed by atoms with Crippen LogP contribution in [0.4, 0.5) is 21.0 Å². The summed E-state index contributed by atoms with van der Waals surface area (Å²) in [7, 11) is -4.33. The second kappa shape index (κ2) is 27.4. The molecule has 0 aromatic heterocycles. The number of benzene rings is 3. The topological polar surface area (TPSA) is 360 Å². The summed E-state index contributed by atoms with van der Waals surface area (Å²) in [6, 6.07) is 13.3. The van der Waals surface area contributed by atoms with E-state index in [1.54, 1.807) is 44.2 Å². The minimum Gasteiger partial charge on any atom is -0.508 e. The lowest BCUT2D eigenvalue weighted by Crippen LogP contribution is -2.60. The molecule has 10 amide bonds. The van der Waals surface area contributed by atoms with Crippen molar-refractivity contribution in [3.05, 3.63) is 88.5 Å². The Morgan fingerprint density at radius 3 is 1.81 bits per heavy atom. The number of urea groups is 1. The number of aryl methyl sites for hydroxylation is 2. The molecule has 12 N–H and O–H groups in total. The number of anilines is 2. The molecule has 24 heteroatoms. The zero-order valence-electron chi connectivity index (χ0n) is 50.2. The lowest BCUT2D eigenvalue weighted by atomic mass is 9.49. The fraction of sp³-hybridized carbons (Fsp3) is 0.565. The van der Waals surface area contributed by atoms with Crippen LogP contribution >= 0.6 is 0 Å². The third kappa shape index (κ3) is 15.7. The molecule has 0 unspecified atom stereocenters. The van der Waals surface area contributed by atoms with Gasteiger partial charge in [0.05, 0.1) is 16.6 Å². The van der Waals surface area contributed by atoms with Crippen molar-refractivity contribution in [3.63, 3.8) is 0 Å². The maximum atomic E-state index is 14.7. The van der Waals surface area contributed by atoms with E-state index >= 15 is 0 Å². The minimum atomic E-state index is -4.33. The van der Waals surface area contributed by atoms with Crippen molar-refractivity contribution < 1.29 is 66.0 Å². The third-order valence-corrected chi connectivity index (χ3v) is 19.4. The fourth-order valence-electron chi connectivity index (χ4n) is 14.2. The number of phenols is 1. The van der Waals surface area contributed by atoms with Crippen LogP contribution in [0.15, 0.2) is 60.7 Å². The van der Waals surface area contributed by atoms with Crippen LogP contribution in [-0.2, 0) is 78.7 Å². The van der Waals surface area contributed by atoms with Crippen molar-refractivity contribution in [3.8, 4) is 5.75 Å². The first-order valence-electron chi connectivity index (χ1n) is 29.7. The van der Waals surface area contributed by atoms with Gasteiger partial charge in [0.25, 0.3) is 10.1 Å². The molecule has 2 fully saturated rings. The zero-order valence-corrected chi connectivity index (χ0v) is 51.1. The molecule has 4 aliphatic rings. The van der Waals surface area contributed by atoms with Crippen molar-refractivity contribution in [2.24, 2.45) is 34.3 Å². The van der Waals surface area contributed by atoms with Crippen LogP contribution < -0.4 is 48.3 Å². The normalized spacial score (nSPS) is 24.0. The van der Waals surface area contributed by atoms with Gasteiger partial charge in [0.2, 0.25) is 41.4 Å². The Bertz CT molecular complexity index is 3190. The van der Waals surface area contributed by atoms with Gasteiger partial charge < -0.3 is 47.5 Å². The molecule has 2 saturated carbocycles. The number of amides is 10. The molecule has 0 heterocycles. The minimum absolute atomic E-state index is 0.00323. The molecular weight excluding hydrogens is 1130 g/mol. The van der Waals surface area contributed by atoms with Gasteiger partial charge in [0.1, 0.15) is 30.5 Å². The maximum Gasteiger partial charge on any atom is 0.411 e. The van der Waals surface area contributed by atoms with Crippen LogP contribution in [0.2, 0.25) is 0 Å². The van der Waals surface area contributed by atoms with Crippen molar-refractivity contribution in [1.82, 2.24) is 31.9 Å². The highest BCUT2D eigenvalue weighted by Gasteiger charge is 2.58. The van der Waals surface area contributed by atoms with Gasteiger partial charge in [-0.1, -0.05) is 78.6 Å². The average molecular weight is 1210 g/mol. The quantitative estimate of drug-likeness (QED) is 0.0304. The van der Waals surface area contributed by atoms with Crippen LogP contribution in [0.25, 0.3) is 0 Å². The number of carbonyl (C=O) groups excluding carboxylic acids is 9. The lowest BCUT2D eigenvalue weighted by molar-refractivity contribution is -0.150. The molecule has 7 rings (SSSR count). The van der Waals surface area contributed by atoms with Gasteiger partial charge in [0.15, 0.2) is 0 Å². The van der Waals surface area contributed by atoms with Gasteiger partial charge >= 0.3 is 12.1 Å². The third-order valence-electron chi connectivity index (χ3n) is 18.7. The van der Waals surface area contributed by atoms with E-state index in [4.69, 9.17) is 15.0 Å². The summed E-state index contributed by atoms with van der Waals surface area (Å²) < 4.78 is 36.6. The predicted octanol–water partition coefficient (Wildman–Crippen LogP) is 5.81. The van der Waals surface area contributed by atoms with E-state index < -0.39 is 97.8 Å². The van der Waals surface area contributed by atoms with Crippen molar-refractivity contribution in [2.75, 3.05) is 29.5 Å². The Labute approximate surface area is 502 Å². The average Bonchev–Trinajstić information content (AvgIpc) is 0.738. The van der Waals surface area contributed by atoms with E-state index in [-0.39, 0.29) is 80.2 Å². The van der Waals surface area contributed by atoms with E-state index in [1.165, 1.54) is 5.56 Å². The number of ether oxygens (including phenoxy) is 1. The van der Waals surface area contributed by atoms with Gasteiger partial charge in [-0.2, -0.15) is 8.42 Å². The number of phenolic OH excluding ortho intramolecular Hbond substituents is 1. The summed E-state index contributed by atoms with van der Waals surface area (Å²) in [5, 5.41) is 31.6. The van der Waals surface area contributed by atoms with Crippen LogP contribution in [0.5, 0.6) is 5.75 Å². The SMILES string of the molecule is CC(=O)N[C@H](CCC(=O)NCCS(=O)(=O)O)C(=O)N[C@H](C(=O)N[C@@H](CCCNC(N)=O)C(=O)Nc1ccc(COC(=O)Nc2ccc3c(c2)[C@@]2(C)CCC[C@](C)(C(=O)NC(=O)[C@@]4(C)CCC[C@]5(C)c6cc(O)ccc6CC[C@@H]45)[C@@H]2CC3)cc1)C(C)C. The largest absolute Gasteiger partial charge is 0.508 e. The first-order chi connectivity index (χ1) is 40.4. The highest BCUT2D eigenvalue weighted by molar-refractivity contribution is 7.85. The number of nitrogens with two attached hydrogens (primary N) is 1. The molecule has 0 saturated heterocycles. The standard InChI is InChI=1S/C62H85N9O14S/c1-36(2)51(70-53(76)47(66-37(3)72)22-25-50(74)64-31-32-86(82,83)84)54(77)69-46(11-8-30-65-57(63)80)52(75)67-41-18-12-38(13-19-41)35-85-58(81)68-42-20-14-39-16-23-48-59(4,44(39)33-42)26-9-28-61(48,6)55(78)71-56(79)62(7)29-10-27-60(5)45-34-43(73)21-15-40(45)17-24-49(60)62/h12-15,18-21,33-34,36,46-49,51,73H,8-11,16-17,22-32,35H2,1-7H3,(H,64,74)(H,66,72)(H,67,75)(H,68,81)(H,69,77)(H,70,76)(H3,63,65,80)(H,71,78,79)(H,82,83,84)/t46-,47+,48+,49+,51-,59+,60+,61-,62-/m0/s1. The second-order valence-electron chi connectivity index (χ2n) is 25.1.